The molecule has 0 aromatic heterocycles. The molecule has 6 nitrogen and oxygen atoms in total. The van der Waals surface area contributed by atoms with Crippen LogP contribution in [-0.4, -0.2) is 27.8 Å². The first kappa shape index (κ1) is 26.2. The topological polar surface area (TPSA) is 67.9 Å². The number of rotatable bonds is 8. The Hall–Kier alpha value is -2.85. The van der Waals surface area contributed by atoms with Gasteiger partial charge in [0.25, 0.3) is 11.8 Å². The average Bonchev–Trinajstić information content (AvgIpc) is 3.12. The summed E-state index contributed by atoms with van der Waals surface area (Å²) < 4.78 is 12.7. The van der Waals surface area contributed by atoms with Crippen LogP contribution in [0.25, 0.3) is 6.08 Å². The van der Waals surface area contributed by atoms with Gasteiger partial charge in [0.15, 0.2) is 15.8 Å². The summed E-state index contributed by atoms with van der Waals surface area (Å²) in [5.74, 6) is 0.201. The van der Waals surface area contributed by atoms with Crippen molar-refractivity contribution in [3.63, 3.8) is 0 Å². The number of hydrogen-bond acceptors (Lipinski definition) is 6. The zero-order valence-corrected chi connectivity index (χ0v) is 23.0. The lowest BCUT2D eigenvalue weighted by molar-refractivity contribution is -0.123. The lowest BCUT2D eigenvalue weighted by Crippen LogP contribution is -2.44. The highest BCUT2D eigenvalue weighted by atomic mass is 79.9. The van der Waals surface area contributed by atoms with Crippen LogP contribution in [0.4, 0.5) is 0 Å². The van der Waals surface area contributed by atoms with E-state index in [1.54, 1.807) is 48.5 Å². The lowest BCUT2D eigenvalue weighted by Gasteiger charge is -2.16. The van der Waals surface area contributed by atoms with Crippen LogP contribution < -0.4 is 14.9 Å². The molecular weight excluding hydrogens is 584 g/mol. The molecule has 1 aliphatic rings. The number of amides is 2. The summed E-state index contributed by atoms with van der Waals surface area (Å²) in [6.45, 7) is 2.56. The second kappa shape index (κ2) is 11.9. The Morgan fingerprint density at radius 1 is 1.14 bits per heavy atom. The van der Waals surface area contributed by atoms with E-state index in [-0.39, 0.29) is 10.9 Å². The van der Waals surface area contributed by atoms with E-state index in [4.69, 9.17) is 33.3 Å². The van der Waals surface area contributed by atoms with Gasteiger partial charge in [0, 0.05) is 16.1 Å². The van der Waals surface area contributed by atoms with Gasteiger partial charge < -0.3 is 9.47 Å². The van der Waals surface area contributed by atoms with Gasteiger partial charge in [-0.1, -0.05) is 59.8 Å². The molecule has 0 radical (unpaired) electrons. The third-order valence-corrected chi connectivity index (χ3v) is 7.26. The van der Waals surface area contributed by atoms with Gasteiger partial charge in [0.1, 0.15) is 6.61 Å². The van der Waals surface area contributed by atoms with Crippen molar-refractivity contribution >= 4 is 73.7 Å². The molecular formula is C26H20BrClN2O4S2. The summed E-state index contributed by atoms with van der Waals surface area (Å²) in [6, 6.07) is 19.7. The highest BCUT2D eigenvalue weighted by Crippen LogP contribution is 2.40. The summed E-state index contributed by atoms with van der Waals surface area (Å²) >= 11 is 16.2. The van der Waals surface area contributed by atoms with Gasteiger partial charge in [-0.15, -0.1) is 0 Å². The molecule has 1 aliphatic heterocycles. The van der Waals surface area contributed by atoms with Gasteiger partial charge in [0.2, 0.25) is 0 Å². The molecule has 1 saturated heterocycles. The minimum atomic E-state index is -0.422. The van der Waals surface area contributed by atoms with Crippen molar-refractivity contribution in [2.75, 3.05) is 6.61 Å². The smallest absolute Gasteiger partial charge is 0.285 e. The molecule has 184 valence electrons. The summed E-state index contributed by atoms with van der Waals surface area (Å²) in [4.78, 5) is 25.9. The number of hydrazine groups is 1. The molecule has 0 saturated carbocycles. The minimum Gasteiger partial charge on any atom is -0.490 e. The largest absolute Gasteiger partial charge is 0.490 e. The highest BCUT2D eigenvalue weighted by molar-refractivity contribution is 9.10. The number of carbonyl (C=O) groups excluding carboxylic acids is 2. The maximum Gasteiger partial charge on any atom is 0.285 e. The monoisotopic (exact) mass is 602 g/mol. The molecule has 0 bridgehead atoms. The molecule has 4 rings (SSSR count). The average molecular weight is 604 g/mol. The van der Waals surface area contributed by atoms with Gasteiger partial charge in [-0.25, -0.2) is 0 Å². The van der Waals surface area contributed by atoms with Crippen molar-refractivity contribution in [1.82, 2.24) is 10.4 Å². The Kier molecular flexibility index (Phi) is 8.68. The van der Waals surface area contributed by atoms with Crippen molar-refractivity contribution in [2.45, 2.75) is 13.5 Å². The normalized spacial score (nSPS) is 14.3. The molecule has 0 unspecified atom stereocenters. The summed E-state index contributed by atoms with van der Waals surface area (Å²) in [5, 5.41) is 1.70. The van der Waals surface area contributed by atoms with E-state index in [0.717, 1.165) is 22.3 Å². The molecule has 36 heavy (non-hydrogen) atoms. The van der Waals surface area contributed by atoms with Gasteiger partial charge in [-0.05, 0) is 77.0 Å². The van der Waals surface area contributed by atoms with Crippen LogP contribution in [0.5, 0.6) is 11.5 Å². The Morgan fingerprint density at radius 2 is 1.86 bits per heavy atom. The molecule has 0 spiro atoms. The molecule has 1 fully saturated rings. The number of carbonyl (C=O) groups is 2. The number of nitrogens with one attached hydrogen (secondary N) is 1. The first-order chi connectivity index (χ1) is 17.4. The van der Waals surface area contributed by atoms with E-state index in [0.29, 0.717) is 43.6 Å². The number of thiocarbonyl (C=S) groups is 1. The zero-order valence-electron chi connectivity index (χ0n) is 19.0. The summed E-state index contributed by atoms with van der Waals surface area (Å²) in [7, 11) is 0. The van der Waals surface area contributed by atoms with Crippen LogP contribution in [0.3, 0.4) is 0 Å². The number of benzene rings is 3. The predicted molar refractivity (Wildman–Crippen MR) is 150 cm³/mol. The maximum atomic E-state index is 13.0. The van der Waals surface area contributed by atoms with Gasteiger partial charge in [-0.2, -0.15) is 5.01 Å². The van der Waals surface area contributed by atoms with Crippen molar-refractivity contribution in [3.8, 4) is 11.5 Å². The Morgan fingerprint density at radius 3 is 2.58 bits per heavy atom. The fraction of sp³-hybridized carbons (Fsp3) is 0.115. The van der Waals surface area contributed by atoms with Crippen molar-refractivity contribution in [1.29, 1.82) is 0 Å². The van der Waals surface area contributed by atoms with E-state index < -0.39 is 11.8 Å². The van der Waals surface area contributed by atoms with Crippen LogP contribution in [0.1, 0.15) is 28.4 Å². The summed E-state index contributed by atoms with van der Waals surface area (Å²) in [6.07, 6.45) is 1.69. The second-order valence-corrected chi connectivity index (χ2v) is 10.4. The quantitative estimate of drug-likeness (QED) is 0.230. The SMILES string of the molecule is CCOc1cc(/C=C2/SC(=S)N(NC(=O)c3ccccc3)C2=O)cc(Br)c1OCc1ccccc1Cl. The molecule has 3 aromatic rings. The first-order valence-corrected chi connectivity index (χ1v) is 13.2. The van der Waals surface area contributed by atoms with E-state index in [1.165, 1.54) is 0 Å². The lowest BCUT2D eigenvalue weighted by atomic mass is 10.1. The molecule has 1 N–H and O–H groups in total. The van der Waals surface area contributed by atoms with E-state index in [2.05, 4.69) is 21.4 Å². The molecule has 3 aromatic carbocycles. The standard InChI is InChI=1S/C26H20BrClN2O4S2/c1-2-33-21-13-16(12-19(27)23(21)34-15-18-10-6-7-11-20(18)28)14-22-25(32)30(26(35)36-22)29-24(31)17-8-4-3-5-9-17/h3-14H,2,15H2,1H3,(H,29,31)/b22-14+. The van der Waals surface area contributed by atoms with Crippen molar-refractivity contribution < 1.29 is 19.1 Å². The molecule has 1 heterocycles. The molecule has 2 amide bonds. The van der Waals surface area contributed by atoms with Crippen molar-refractivity contribution in [2.24, 2.45) is 0 Å². The third-order valence-electron chi connectivity index (χ3n) is 5.00. The van der Waals surface area contributed by atoms with Crippen LogP contribution in [0.15, 0.2) is 76.1 Å². The third kappa shape index (κ3) is 6.10. The number of hydrogen-bond donors (Lipinski definition) is 1. The molecule has 0 atom stereocenters. The fourth-order valence-electron chi connectivity index (χ4n) is 3.31. The zero-order chi connectivity index (χ0) is 25.7. The van der Waals surface area contributed by atoms with Crippen molar-refractivity contribution in [3.05, 3.63) is 97.8 Å². The minimum absolute atomic E-state index is 0.235. The van der Waals surface area contributed by atoms with Gasteiger partial charge in [-0.3, -0.25) is 15.0 Å². The van der Waals surface area contributed by atoms with Gasteiger partial charge in [0.05, 0.1) is 16.0 Å². The maximum absolute atomic E-state index is 13.0. The number of thioether (sulfide) groups is 1. The molecule has 10 heteroatoms. The van der Waals surface area contributed by atoms with Crippen LogP contribution in [0, 0.1) is 0 Å². The molecule has 0 aliphatic carbocycles. The van der Waals surface area contributed by atoms with E-state index in [9.17, 15) is 9.59 Å². The second-order valence-electron chi connectivity index (χ2n) is 7.47. The fourth-order valence-corrected chi connectivity index (χ4v) is 5.25. The van der Waals surface area contributed by atoms with Gasteiger partial charge >= 0.3 is 0 Å². The Labute approximate surface area is 231 Å². The summed E-state index contributed by atoms with van der Waals surface area (Å²) in [5.41, 5.74) is 4.55. The number of nitrogens with zero attached hydrogens (tertiary/aromatic N) is 1. The number of halogens is 2. The van der Waals surface area contributed by atoms with E-state index >= 15 is 0 Å². The Balaban J connectivity index is 1.54. The van der Waals surface area contributed by atoms with Crippen LogP contribution in [-0.2, 0) is 11.4 Å². The van der Waals surface area contributed by atoms with E-state index in [1.807, 2.05) is 31.2 Å². The highest BCUT2D eigenvalue weighted by Gasteiger charge is 2.34. The van der Waals surface area contributed by atoms with Crippen LogP contribution in [0.2, 0.25) is 5.02 Å². The first-order valence-electron chi connectivity index (χ1n) is 10.8. The predicted octanol–water partition coefficient (Wildman–Crippen LogP) is 6.63. The van der Waals surface area contributed by atoms with Crippen LogP contribution >= 0.6 is 51.5 Å². The Bertz CT molecular complexity index is 1350. The number of ether oxygens (including phenoxy) is 2.